The molecule has 0 aromatic carbocycles. The van der Waals surface area contributed by atoms with Crippen LogP contribution in [0.2, 0.25) is 0 Å². The topological polar surface area (TPSA) is 45.8 Å². The van der Waals surface area contributed by atoms with Gasteiger partial charge in [0.05, 0.1) is 12.0 Å². The lowest BCUT2D eigenvalue weighted by molar-refractivity contribution is 0.404. The van der Waals surface area contributed by atoms with E-state index in [1.54, 1.807) is 0 Å². The summed E-state index contributed by atoms with van der Waals surface area (Å²) in [5, 5.41) is 0. The Bertz CT molecular complexity index is 347. The van der Waals surface area contributed by atoms with Crippen LogP contribution < -0.4 is 5.56 Å². The first-order chi connectivity index (χ1) is 5.90. The van der Waals surface area contributed by atoms with E-state index < -0.39 is 0 Å². The lowest BCUT2D eigenvalue weighted by Crippen LogP contribution is -2.18. The van der Waals surface area contributed by atoms with Gasteiger partial charge in [-0.2, -0.15) is 0 Å². The Morgan fingerprint density at radius 3 is 2.62 bits per heavy atom. The average Bonchev–Trinajstić information content (AvgIpc) is 1.96. The van der Waals surface area contributed by atoms with Crippen molar-refractivity contribution in [3.63, 3.8) is 0 Å². The number of hydrogen-bond acceptors (Lipinski definition) is 2. The van der Waals surface area contributed by atoms with Gasteiger partial charge in [0.25, 0.3) is 5.56 Å². The van der Waals surface area contributed by atoms with Gasteiger partial charge in [0.1, 0.15) is 0 Å². The molecule has 0 fully saturated rings. The third-order valence-electron chi connectivity index (χ3n) is 1.89. The molecule has 1 heterocycles. The average molecular weight is 180 g/mol. The fourth-order valence-corrected chi connectivity index (χ4v) is 1.19. The molecular weight excluding hydrogens is 164 g/mol. The molecule has 0 aliphatic rings. The number of aromatic nitrogens is 2. The fraction of sp³-hybridized carbons (Fsp3) is 0.600. The molecule has 1 rings (SSSR count). The number of nitrogens with zero attached hydrogens (tertiary/aromatic N) is 1. The van der Waals surface area contributed by atoms with Crippen LogP contribution in [-0.4, -0.2) is 9.97 Å². The first-order valence-corrected chi connectivity index (χ1v) is 4.43. The molecule has 0 atom stereocenters. The number of rotatable bonds is 1. The Morgan fingerprint density at radius 2 is 2.08 bits per heavy atom. The van der Waals surface area contributed by atoms with Gasteiger partial charge in [0.15, 0.2) is 0 Å². The molecule has 1 aromatic rings. The summed E-state index contributed by atoms with van der Waals surface area (Å²) < 4.78 is 0. The Kier molecular flexibility index (Phi) is 2.55. The van der Waals surface area contributed by atoms with Crippen molar-refractivity contribution < 1.29 is 0 Å². The summed E-state index contributed by atoms with van der Waals surface area (Å²) in [4.78, 5) is 18.0. The molecule has 0 unspecified atom stereocenters. The molecule has 0 aliphatic carbocycles. The Labute approximate surface area is 78.2 Å². The lowest BCUT2D eigenvalue weighted by Gasteiger charge is -2.17. The maximum atomic E-state index is 11.2. The van der Waals surface area contributed by atoms with Crippen LogP contribution in [-0.2, 0) is 6.42 Å². The van der Waals surface area contributed by atoms with Crippen molar-refractivity contribution in [2.75, 3.05) is 0 Å². The highest BCUT2D eigenvalue weighted by Gasteiger charge is 2.14. The smallest absolute Gasteiger partial charge is 0.253 e. The fourth-order valence-electron chi connectivity index (χ4n) is 1.19. The van der Waals surface area contributed by atoms with Gasteiger partial charge in [-0.05, 0) is 18.8 Å². The summed E-state index contributed by atoms with van der Waals surface area (Å²) in [5.74, 6) is 0. The molecule has 0 saturated heterocycles. The zero-order valence-corrected chi connectivity index (χ0v) is 8.64. The maximum Gasteiger partial charge on any atom is 0.253 e. The third kappa shape index (κ3) is 2.68. The minimum Gasteiger partial charge on any atom is -0.313 e. The van der Waals surface area contributed by atoms with Crippen LogP contribution in [0, 0.1) is 12.3 Å². The van der Waals surface area contributed by atoms with Crippen molar-refractivity contribution in [1.82, 2.24) is 9.97 Å². The van der Waals surface area contributed by atoms with Crippen molar-refractivity contribution in [3.8, 4) is 0 Å². The SMILES string of the molecule is Cc1c(CC(C)(C)C)nc[nH]c1=O. The van der Waals surface area contributed by atoms with Crippen molar-refractivity contribution in [3.05, 3.63) is 27.9 Å². The number of H-pyrrole nitrogens is 1. The van der Waals surface area contributed by atoms with Crippen LogP contribution in [0.1, 0.15) is 32.0 Å². The van der Waals surface area contributed by atoms with Gasteiger partial charge in [-0.1, -0.05) is 20.8 Å². The Balaban J connectivity index is 3.03. The second kappa shape index (κ2) is 3.32. The number of nitrogens with one attached hydrogen (secondary N) is 1. The zero-order chi connectivity index (χ0) is 10.1. The van der Waals surface area contributed by atoms with Crippen molar-refractivity contribution in [2.24, 2.45) is 5.41 Å². The molecule has 0 radical (unpaired) electrons. The van der Waals surface area contributed by atoms with Gasteiger partial charge in [0.2, 0.25) is 0 Å². The van der Waals surface area contributed by atoms with Crippen molar-refractivity contribution in [1.29, 1.82) is 0 Å². The largest absolute Gasteiger partial charge is 0.313 e. The molecule has 0 amide bonds. The second-order valence-corrected chi connectivity index (χ2v) is 4.54. The van der Waals surface area contributed by atoms with Gasteiger partial charge in [-0.3, -0.25) is 4.79 Å². The Morgan fingerprint density at radius 1 is 1.46 bits per heavy atom. The molecular formula is C10H16N2O. The van der Waals surface area contributed by atoms with Crippen LogP contribution in [0.5, 0.6) is 0 Å². The lowest BCUT2D eigenvalue weighted by atomic mass is 9.89. The summed E-state index contributed by atoms with van der Waals surface area (Å²) >= 11 is 0. The van der Waals surface area contributed by atoms with Gasteiger partial charge < -0.3 is 4.98 Å². The summed E-state index contributed by atoms with van der Waals surface area (Å²) in [6, 6.07) is 0. The standard InChI is InChI=1S/C10H16N2O/c1-7-8(5-10(2,3)4)11-6-12-9(7)13/h6H,5H2,1-4H3,(H,11,12,13). The summed E-state index contributed by atoms with van der Waals surface area (Å²) in [7, 11) is 0. The molecule has 0 spiro atoms. The van der Waals surface area contributed by atoms with E-state index in [2.05, 4.69) is 30.7 Å². The van der Waals surface area contributed by atoms with Crippen LogP contribution in [0.3, 0.4) is 0 Å². The zero-order valence-electron chi connectivity index (χ0n) is 8.64. The highest BCUT2D eigenvalue weighted by molar-refractivity contribution is 5.14. The monoisotopic (exact) mass is 180 g/mol. The normalized spacial score (nSPS) is 11.7. The van der Waals surface area contributed by atoms with Crippen LogP contribution in [0.15, 0.2) is 11.1 Å². The summed E-state index contributed by atoms with van der Waals surface area (Å²) in [5.41, 5.74) is 1.77. The van der Waals surface area contributed by atoms with Crippen LogP contribution in [0.4, 0.5) is 0 Å². The molecule has 1 aromatic heterocycles. The van der Waals surface area contributed by atoms with Gasteiger partial charge >= 0.3 is 0 Å². The maximum absolute atomic E-state index is 11.2. The third-order valence-corrected chi connectivity index (χ3v) is 1.89. The molecule has 3 heteroatoms. The molecule has 1 N–H and O–H groups in total. The van der Waals surface area contributed by atoms with E-state index in [4.69, 9.17) is 0 Å². The van der Waals surface area contributed by atoms with Crippen molar-refractivity contribution >= 4 is 0 Å². The van der Waals surface area contributed by atoms with Gasteiger partial charge in [-0.15, -0.1) is 0 Å². The molecule has 13 heavy (non-hydrogen) atoms. The van der Waals surface area contributed by atoms with E-state index in [9.17, 15) is 4.79 Å². The van der Waals surface area contributed by atoms with E-state index in [0.717, 1.165) is 17.7 Å². The van der Waals surface area contributed by atoms with Crippen LogP contribution >= 0.6 is 0 Å². The minimum absolute atomic E-state index is 0.0331. The van der Waals surface area contributed by atoms with E-state index >= 15 is 0 Å². The summed E-state index contributed by atoms with van der Waals surface area (Å²) in [6.07, 6.45) is 2.30. The highest BCUT2D eigenvalue weighted by atomic mass is 16.1. The molecule has 0 aliphatic heterocycles. The first-order valence-electron chi connectivity index (χ1n) is 4.43. The van der Waals surface area contributed by atoms with E-state index in [0.29, 0.717) is 0 Å². The summed E-state index contributed by atoms with van der Waals surface area (Å²) in [6.45, 7) is 8.22. The second-order valence-electron chi connectivity index (χ2n) is 4.54. The molecule has 72 valence electrons. The minimum atomic E-state index is -0.0331. The van der Waals surface area contributed by atoms with E-state index in [1.165, 1.54) is 6.33 Å². The molecule has 0 saturated carbocycles. The quantitative estimate of drug-likeness (QED) is 0.714. The number of aromatic amines is 1. The highest BCUT2D eigenvalue weighted by Crippen LogP contribution is 2.19. The molecule has 3 nitrogen and oxygen atoms in total. The first kappa shape index (κ1) is 9.96. The van der Waals surface area contributed by atoms with Gasteiger partial charge in [-0.25, -0.2) is 4.98 Å². The van der Waals surface area contributed by atoms with E-state index in [1.807, 2.05) is 6.92 Å². The van der Waals surface area contributed by atoms with Gasteiger partial charge in [0, 0.05) is 5.56 Å². The van der Waals surface area contributed by atoms with Crippen molar-refractivity contribution in [2.45, 2.75) is 34.1 Å². The Hall–Kier alpha value is -1.12. The number of hydrogen-bond donors (Lipinski definition) is 1. The van der Waals surface area contributed by atoms with E-state index in [-0.39, 0.29) is 11.0 Å². The predicted molar refractivity (Wildman–Crippen MR) is 52.8 cm³/mol. The molecule has 0 bridgehead atoms. The van der Waals surface area contributed by atoms with Crippen LogP contribution in [0.25, 0.3) is 0 Å². The predicted octanol–water partition coefficient (Wildman–Crippen LogP) is 1.67.